The van der Waals surface area contributed by atoms with E-state index in [-0.39, 0.29) is 12.0 Å². The molecule has 1 fully saturated rings. The highest BCUT2D eigenvalue weighted by atomic mass is 16.5. The number of likely N-dealkylation sites (N-methyl/N-ethyl adjacent to an activating group) is 1. The van der Waals surface area contributed by atoms with Gasteiger partial charge < -0.3 is 24.8 Å². The van der Waals surface area contributed by atoms with E-state index >= 15 is 0 Å². The van der Waals surface area contributed by atoms with Gasteiger partial charge in [-0.2, -0.15) is 0 Å². The topological polar surface area (TPSA) is 100 Å². The maximum Gasteiger partial charge on any atom is 0.254 e. The molecule has 1 amide bonds. The molecule has 0 spiro atoms. The van der Waals surface area contributed by atoms with E-state index in [9.17, 15) is 4.79 Å². The van der Waals surface area contributed by atoms with Crippen LogP contribution >= 0.6 is 0 Å². The molecule has 4 aromatic heterocycles. The van der Waals surface area contributed by atoms with Crippen LogP contribution in [0.3, 0.4) is 0 Å². The predicted molar refractivity (Wildman–Crippen MR) is 146 cm³/mol. The van der Waals surface area contributed by atoms with Gasteiger partial charge in [0.25, 0.3) is 5.91 Å². The zero-order chi connectivity index (χ0) is 26.0. The number of hydrogen-bond donors (Lipinski definition) is 2. The van der Waals surface area contributed by atoms with E-state index in [1.807, 2.05) is 36.0 Å². The Labute approximate surface area is 220 Å². The zero-order valence-electron chi connectivity index (χ0n) is 21.7. The second-order valence-electron chi connectivity index (χ2n) is 10.5. The van der Waals surface area contributed by atoms with E-state index in [1.165, 1.54) is 0 Å². The Kier molecular flexibility index (Phi) is 5.34. The molecule has 0 saturated carbocycles. The van der Waals surface area contributed by atoms with Gasteiger partial charge in [-0.05, 0) is 37.7 Å². The lowest BCUT2D eigenvalue weighted by Crippen LogP contribution is -2.35. The van der Waals surface area contributed by atoms with Crippen LogP contribution in [0.15, 0.2) is 42.9 Å². The summed E-state index contributed by atoms with van der Waals surface area (Å²) in [5, 5.41) is 7.41. The van der Waals surface area contributed by atoms with Gasteiger partial charge in [0.2, 0.25) is 0 Å². The van der Waals surface area contributed by atoms with Crippen molar-refractivity contribution < 1.29 is 9.53 Å². The number of amides is 1. The molecule has 7 heterocycles. The molecule has 0 radical (unpaired) electrons. The monoisotopic (exact) mass is 510 g/mol. The lowest BCUT2D eigenvalue weighted by Gasteiger charge is -2.26. The van der Waals surface area contributed by atoms with E-state index in [1.54, 1.807) is 19.5 Å². The smallest absolute Gasteiger partial charge is 0.254 e. The summed E-state index contributed by atoms with van der Waals surface area (Å²) in [5.74, 6) is 0.591. The van der Waals surface area contributed by atoms with Crippen molar-refractivity contribution in [2.75, 3.05) is 37.5 Å². The largest absolute Gasteiger partial charge is 0.380 e. The van der Waals surface area contributed by atoms with Crippen molar-refractivity contribution in [3.63, 3.8) is 0 Å². The Morgan fingerprint density at radius 2 is 2.03 bits per heavy atom. The molecule has 7 rings (SSSR count). The average Bonchev–Trinajstić information content (AvgIpc) is 3.60. The van der Waals surface area contributed by atoms with Crippen molar-refractivity contribution in [2.45, 2.75) is 31.7 Å². The van der Waals surface area contributed by atoms with Gasteiger partial charge in [0.1, 0.15) is 11.5 Å². The quantitative estimate of drug-likeness (QED) is 0.432. The summed E-state index contributed by atoms with van der Waals surface area (Å²) in [6.45, 7) is 3.05. The fraction of sp³-hybridized carbons (Fsp3) is 0.357. The average molecular weight is 511 g/mol. The standard InChI is InChI=1S/C28H30N8O2/c1-34-13-16-10-17(38-3)14-36(16)23-4-5-24(33-22(23)15-34)32-21-12-30-26(20-11-31-28(37)25(20)21)18-6-8-29-27-19(18)7-9-35(27)2/h4-9,12,16-17H,10-11,13-15H2,1-3H3,(H,31,37)(H,32,33)/t16-,17-/m1/s1. The van der Waals surface area contributed by atoms with Crippen molar-refractivity contribution in [3.05, 3.63) is 59.7 Å². The second kappa shape index (κ2) is 8.78. The summed E-state index contributed by atoms with van der Waals surface area (Å²) < 4.78 is 7.66. The Hall–Kier alpha value is -4.02. The number of nitrogens with zero attached hydrogens (tertiary/aromatic N) is 6. The van der Waals surface area contributed by atoms with Crippen LogP contribution in [-0.2, 0) is 24.9 Å². The molecule has 2 atom stereocenters. The van der Waals surface area contributed by atoms with Crippen LogP contribution in [0.2, 0.25) is 0 Å². The third-order valence-electron chi connectivity index (χ3n) is 8.03. The van der Waals surface area contributed by atoms with Crippen LogP contribution in [0, 0.1) is 0 Å². The lowest BCUT2D eigenvalue weighted by atomic mass is 10.0. The van der Waals surface area contributed by atoms with Crippen LogP contribution < -0.4 is 15.5 Å². The molecule has 194 valence electrons. The molecular formula is C28H30N8O2. The Morgan fingerprint density at radius 1 is 1.13 bits per heavy atom. The van der Waals surface area contributed by atoms with Gasteiger partial charge in [-0.15, -0.1) is 0 Å². The number of methoxy groups -OCH3 is 1. The zero-order valence-corrected chi connectivity index (χ0v) is 21.7. The third-order valence-corrected chi connectivity index (χ3v) is 8.03. The Balaban J connectivity index is 1.25. The van der Waals surface area contributed by atoms with Crippen molar-refractivity contribution in [1.82, 2.24) is 29.7 Å². The van der Waals surface area contributed by atoms with Crippen molar-refractivity contribution in [2.24, 2.45) is 7.05 Å². The summed E-state index contributed by atoms with van der Waals surface area (Å²) in [5.41, 5.74) is 6.99. The van der Waals surface area contributed by atoms with Crippen molar-refractivity contribution >= 4 is 34.1 Å². The fourth-order valence-corrected chi connectivity index (χ4v) is 6.21. The highest BCUT2D eigenvalue weighted by Gasteiger charge is 2.36. The molecule has 10 heteroatoms. The van der Waals surface area contributed by atoms with E-state index in [0.29, 0.717) is 29.7 Å². The number of ether oxygens (including phenoxy) is 1. The van der Waals surface area contributed by atoms with Gasteiger partial charge in [0.05, 0.1) is 40.6 Å². The van der Waals surface area contributed by atoms with Gasteiger partial charge in [-0.1, -0.05) is 0 Å². The number of carbonyl (C=O) groups excluding carboxylic acids is 1. The van der Waals surface area contributed by atoms with E-state index in [0.717, 1.165) is 65.3 Å². The highest BCUT2D eigenvalue weighted by Crippen LogP contribution is 2.37. The molecule has 2 N–H and O–H groups in total. The summed E-state index contributed by atoms with van der Waals surface area (Å²) in [7, 11) is 5.90. The first-order chi connectivity index (χ1) is 18.5. The first-order valence-electron chi connectivity index (χ1n) is 13.0. The number of pyridine rings is 3. The Morgan fingerprint density at radius 3 is 2.89 bits per heavy atom. The molecule has 38 heavy (non-hydrogen) atoms. The highest BCUT2D eigenvalue weighted by molar-refractivity contribution is 6.06. The normalized spacial score (nSPS) is 20.7. The summed E-state index contributed by atoms with van der Waals surface area (Å²) in [4.78, 5) is 32.1. The minimum atomic E-state index is -0.107. The van der Waals surface area contributed by atoms with Gasteiger partial charge >= 0.3 is 0 Å². The van der Waals surface area contributed by atoms with Gasteiger partial charge in [0, 0.05) is 75.3 Å². The van der Waals surface area contributed by atoms with E-state index in [4.69, 9.17) is 14.7 Å². The minimum Gasteiger partial charge on any atom is -0.380 e. The molecule has 0 bridgehead atoms. The number of nitrogens with one attached hydrogen (secondary N) is 2. The summed E-state index contributed by atoms with van der Waals surface area (Å²) in [6.07, 6.45) is 6.78. The number of hydrogen-bond acceptors (Lipinski definition) is 8. The fourth-order valence-electron chi connectivity index (χ4n) is 6.21. The summed E-state index contributed by atoms with van der Waals surface area (Å²) >= 11 is 0. The first kappa shape index (κ1) is 23.1. The molecule has 10 nitrogen and oxygen atoms in total. The minimum absolute atomic E-state index is 0.107. The molecule has 0 aliphatic carbocycles. The second-order valence-corrected chi connectivity index (χ2v) is 10.5. The maximum absolute atomic E-state index is 13.0. The van der Waals surface area contributed by atoms with Crippen molar-refractivity contribution in [1.29, 1.82) is 0 Å². The van der Waals surface area contributed by atoms with Crippen LogP contribution in [0.5, 0.6) is 0 Å². The molecule has 3 aliphatic heterocycles. The molecular weight excluding hydrogens is 480 g/mol. The number of carbonyl (C=O) groups is 1. The number of fused-ring (bicyclic) bond motifs is 5. The van der Waals surface area contributed by atoms with Gasteiger partial charge in [-0.3, -0.25) is 14.7 Å². The molecule has 4 aromatic rings. The number of rotatable bonds is 4. The van der Waals surface area contributed by atoms with E-state index < -0.39 is 0 Å². The van der Waals surface area contributed by atoms with Crippen LogP contribution in [-0.4, -0.2) is 69.7 Å². The lowest BCUT2D eigenvalue weighted by molar-refractivity contribution is 0.0966. The van der Waals surface area contributed by atoms with Crippen LogP contribution in [0.4, 0.5) is 17.2 Å². The van der Waals surface area contributed by atoms with Gasteiger partial charge in [0.15, 0.2) is 0 Å². The van der Waals surface area contributed by atoms with Crippen LogP contribution in [0.1, 0.15) is 28.0 Å². The SMILES string of the molecule is CO[C@@H]1C[C@@H]2CN(C)Cc3nc(Nc4cnc(-c5ccnc6c5ccn6C)c5c4C(=O)NC5)ccc3N2C1. The third kappa shape index (κ3) is 3.63. The summed E-state index contributed by atoms with van der Waals surface area (Å²) in [6, 6.07) is 8.55. The molecule has 1 saturated heterocycles. The number of anilines is 3. The van der Waals surface area contributed by atoms with Gasteiger partial charge in [-0.25, -0.2) is 9.97 Å². The number of aryl methyl sites for hydroxylation is 1. The molecule has 0 aromatic carbocycles. The van der Waals surface area contributed by atoms with E-state index in [2.05, 4.69) is 38.5 Å². The predicted octanol–water partition coefficient (Wildman–Crippen LogP) is 3.06. The first-order valence-corrected chi connectivity index (χ1v) is 13.0. The molecule has 0 unspecified atom stereocenters. The Bertz CT molecular complexity index is 1580. The van der Waals surface area contributed by atoms with Crippen molar-refractivity contribution in [3.8, 4) is 11.3 Å². The molecule has 3 aliphatic rings. The maximum atomic E-state index is 13.0. The number of aromatic nitrogens is 4. The van der Waals surface area contributed by atoms with Crippen LogP contribution in [0.25, 0.3) is 22.3 Å².